The minimum atomic E-state index is -3.97. The fourth-order valence-corrected chi connectivity index (χ4v) is 5.98. The third-order valence-electron chi connectivity index (χ3n) is 3.51. The largest absolute Gasteiger partial charge is 0.395 e. The summed E-state index contributed by atoms with van der Waals surface area (Å²) in [5.74, 6) is -0.308. The molecule has 0 radical (unpaired) electrons. The highest BCUT2D eigenvalue weighted by Crippen LogP contribution is 2.25. The van der Waals surface area contributed by atoms with Gasteiger partial charge in [-0.1, -0.05) is 6.07 Å². The lowest BCUT2D eigenvalue weighted by atomic mass is 10.2. The first-order chi connectivity index (χ1) is 10.3. The van der Waals surface area contributed by atoms with Crippen molar-refractivity contribution >= 4 is 19.9 Å². The van der Waals surface area contributed by atoms with Crippen LogP contribution in [0.3, 0.4) is 0 Å². The summed E-state index contributed by atoms with van der Waals surface area (Å²) < 4.78 is 49.6. The Bertz CT molecular complexity index is 796. The molecule has 1 saturated heterocycles. The molecule has 22 heavy (non-hydrogen) atoms. The quantitative estimate of drug-likeness (QED) is 0.786. The van der Waals surface area contributed by atoms with E-state index < -0.39 is 32.5 Å². The second-order valence-electron chi connectivity index (χ2n) is 5.04. The van der Waals surface area contributed by atoms with Gasteiger partial charge in [-0.2, -0.15) is 9.57 Å². The third kappa shape index (κ3) is 3.47. The summed E-state index contributed by atoms with van der Waals surface area (Å²) in [6.45, 7) is -0.590. The highest BCUT2D eigenvalue weighted by Gasteiger charge is 2.38. The van der Waals surface area contributed by atoms with Crippen molar-refractivity contribution in [1.29, 1.82) is 5.26 Å². The average Bonchev–Trinajstić information content (AvgIpc) is 2.84. The summed E-state index contributed by atoms with van der Waals surface area (Å²) in [7, 11) is -7.23. The first-order valence-electron chi connectivity index (χ1n) is 6.63. The topological polar surface area (TPSA) is 116 Å². The average molecular weight is 344 g/mol. The maximum atomic E-state index is 12.7. The molecule has 1 fully saturated rings. The number of nitriles is 1. The molecule has 1 aromatic carbocycles. The maximum absolute atomic E-state index is 12.7. The van der Waals surface area contributed by atoms with E-state index in [0.717, 1.165) is 4.31 Å². The molecule has 0 bridgehead atoms. The molecule has 9 heteroatoms. The fourth-order valence-electron chi connectivity index (χ4n) is 2.46. The van der Waals surface area contributed by atoms with Crippen LogP contribution in [0, 0.1) is 11.3 Å². The number of benzene rings is 1. The zero-order valence-electron chi connectivity index (χ0n) is 11.7. The predicted molar refractivity (Wildman–Crippen MR) is 79.2 cm³/mol. The number of sulfonamides is 1. The number of hydrogen-bond donors (Lipinski definition) is 1. The van der Waals surface area contributed by atoms with E-state index in [1.165, 1.54) is 24.3 Å². The number of sulfone groups is 1. The minimum absolute atomic E-state index is 0.0622. The summed E-state index contributed by atoms with van der Waals surface area (Å²) in [5, 5.41) is 18.0. The van der Waals surface area contributed by atoms with Gasteiger partial charge in [0.15, 0.2) is 9.84 Å². The summed E-state index contributed by atoms with van der Waals surface area (Å²) in [6, 6.07) is 6.70. The van der Waals surface area contributed by atoms with Crippen molar-refractivity contribution in [2.45, 2.75) is 17.4 Å². The second-order valence-corrected chi connectivity index (χ2v) is 9.16. The molecule has 1 heterocycles. The van der Waals surface area contributed by atoms with Gasteiger partial charge < -0.3 is 5.11 Å². The highest BCUT2D eigenvalue weighted by atomic mass is 32.2. The molecule has 1 aliphatic heterocycles. The van der Waals surface area contributed by atoms with Crippen molar-refractivity contribution in [2.75, 3.05) is 24.7 Å². The lowest BCUT2D eigenvalue weighted by molar-refractivity contribution is 0.232. The van der Waals surface area contributed by atoms with Crippen molar-refractivity contribution in [2.24, 2.45) is 0 Å². The van der Waals surface area contributed by atoms with Crippen molar-refractivity contribution in [1.82, 2.24) is 4.31 Å². The van der Waals surface area contributed by atoms with Gasteiger partial charge in [0.25, 0.3) is 0 Å². The molecular formula is C13H16N2O5S2. The van der Waals surface area contributed by atoms with Gasteiger partial charge in [0.05, 0.1) is 34.6 Å². The zero-order valence-corrected chi connectivity index (χ0v) is 13.3. The van der Waals surface area contributed by atoms with Crippen LogP contribution in [0.4, 0.5) is 0 Å². The van der Waals surface area contributed by atoms with Crippen LogP contribution in [-0.2, 0) is 19.9 Å². The van der Waals surface area contributed by atoms with Gasteiger partial charge in [-0.3, -0.25) is 0 Å². The SMILES string of the molecule is N#Cc1cccc(S(=O)(=O)N(CCO)[C@@H]2CCS(=O)(=O)C2)c1. The maximum Gasteiger partial charge on any atom is 0.243 e. The number of nitrogens with zero attached hydrogens (tertiary/aromatic N) is 2. The van der Waals surface area contributed by atoms with Gasteiger partial charge in [0.2, 0.25) is 10.0 Å². The standard InChI is InChI=1S/C13H16N2O5S2/c14-9-11-2-1-3-13(8-11)22(19,20)15(5-6-16)12-4-7-21(17,18)10-12/h1-3,8,12,16H,4-7,10H2/t12-/m1/s1. The Morgan fingerprint density at radius 2 is 2.14 bits per heavy atom. The molecule has 1 aromatic rings. The van der Waals surface area contributed by atoms with E-state index in [1.807, 2.05) is 6.07 Å². The van der Waals surface area contributed by atoms with Crippen LogP contribution in [0.25, 0.3) is 0 Å². The second kappa shape index (κ2) is 6.34. The van der Waals surface area contributed by atoms with E-state index in [4.69, 9.17) is 10.4 Å². The summed E-state index contributed by atoms with van der Waals surface area (Å²) in [5.41, 5.74) is 0.198. The van der Waals surface area contributed by atoms with Crippen LogP contribution >= 0.6 is 0 Å². The molecule has 120 valence electrons. The molecule has 0 aliphatic carbocycles. The van der Waals surface area contributed by atoms with Gasteiger partial charge in [0.1, 0.15) is 0 Å². The molecule has 0 amide bonds. The smallest absolute Gasteiger partial charge is 0.243 e. The molecule has 0 spiro atoms. The minimum Gasteiger partial charge on any atom is -0.395 e. The van der Waals surface area contributed by atoms with Crippen LogP contribution < -0.4 is 0 Å². The normalized spacial score (nSPS) is 20.9. The van der Waals surface area contributed by atoms with Crippen molar-refractivity contribution < 1.29 is 21.9 Å². The van der Waals surface area contributed by atoms with Gasteiger partial charge in [0, 0.05) is 12.6 Å². The predicted octanol–water partition coefficient (Wildman–Crippen LogP) is -0.272. The Kier molecular flexibility index (Phi) is 4.87. The number of aliphatic hydroxyl groups excluding tert-OH is 1. The third-order valence-corrected chi connectivity index (χ3v) is 7.20. The van der Waals surface area contributed by atoms with Gasteiger partial charge in [-0.25, -0.2) is 16.8 Å². The lowest BCUT2D eigenvalue weighted by Crippen LogP contribution is -2.42. The van der Waals surface area contributed by atoms with Crippen LogP contribution in [0.15, 0.2) is 29.2 Å². The first kappa shape index (κ1) is 16.9. The zero-order chi connectivity index (χ0) is 16.4. The van der Waals surface area contributed by atoms with Crippen LogP contribution in [-0.4, -0.2) is 56.9 Å². The van der Waals surface area contributed by atoms with Gasteiger partial charge >= 0.3 is 0 Å². The molecule has 1 atom stereocenters. The van der Waals surface area contributed by atoms with E-state index in [0.29, 0.717) is 0 Å². The first-order valence-corrected chi connectivity index (χ1v) is 9.89. The summed E-state index contributed by atoms with van der Waals surface area (Å²) >= 11 is 0. The van der Waals surface area contributed by atoms with Crippen molar-refractivity contribution in [3.8, 4) is 6.07 Å². The highest BCUT2D eigenvalue weighted by molar-refractivity contribution is 7.92. The number of hydrogen-bond acceptors (Lipinski definition) is 6. The molecule has 2 rings (SSSR count). The van der Waals surface area contributed by atoms with E-state index in [9.17, 15) is 16.8 Å². The fraction of sp³-hybridized carbons (Fsp3) is 0.462. The van der Waals surface area contributed by atoms with E-state index in [1.54, 1.807) is 0 Å². The van der Waals surface area contributed by atoms with Gasteiger partial charge in [-0.05, 0) is 24.6 Å². The van der Waals surface area contributed by atoms with Crippen LogP contribution in [0.5, 0.6) is 0 Å². The number of aliphatic hydroxyl groups is 1. The van der Waals surface area contributed by atoms with Crippen LogP contribution in [0.2, 0.25) is 0 Å². The monoisotopic (exact) mass is 344 g/mol. The lowest BCUT2D eigenvalue weighted by Gasteiger charge is -2.26. The Labute approximate surface area is 129 Å². The Balaban J connectivity index is 2.40. The van der Waals surface area contributed by atoms with Crippen LogP contribution in [0.1, 0.15) is 12.0 Å². The molecule has 0 saturated carbocycles. The van der Waals surface area contributed by atoms with Crippen molar-refractivity contribution in [3.05, 3.63) is 29.8 Å². The van der Waals surface area contributed by atoms with E-state index in [-0.39, 0.29) is 34.9 Å². The molecule has 0 aromatic heterocycles. The van der Waals surface area contributed by atoms with Gasteiger partial charge in [-0.15, -0.1) is 0 Å². The Hall–Kier alpha value is -1.47. The molecule has 1 N–H and O–H groups in total. The van der Waals surface area contributed by atoms with Crippen molar-refractivity contribution in [3.63, 3.8) is 0 Å². The van der Waals surface area contributed by atoms with E-state index in [2.05, 4.69) is 0 Å². The number of rotatable bonds is 5. The summed E-state index contributed by atoms with van der Waals surface area (Å²) in [4.78, 5) is -0.0794. The molecule has 1 aliphatic rings. The summed E-state index contributed by atoms with van der Waals surface area (Å²) in [6.07, 6.45) is 0.208. The van der Waals surface area contributed by atoms with E-state index >= 15 is 0 Å². The Morgan fingerprint density at radius 1 is 1.41 bits per heavy atom. The molecule has 0 unspecified atom stereocenters. The Morgan fingerprint density at radius 3 is 2.68 bits per heavy atom. The molecular weight excluding hydrogens is 328 g/mol. The molecule has 7 nitrogen and oxygen atoms in total.